The number of amides is 1. The van der Waals surface area contributed by atoms with Crippen molar-refractivity contribution in [3.63, 3.8) is 0 Å². The zero-order valence-electron chi connectivity index (χ0n) is 20.8. The summed E-state index contributed by atoms with van der Waals surface area (Å²) in [6.45, 7) is 3.88. The molecule has 0 aliphatic heterocycles. The number of rotatable bonds is 8. The molecule has 0 heterocycles. The molecular formula is C27H23Cl2N3O6S. The molecule has 202 valence electrons. The molecule has 39 heavy (non-hydrogen) atoms. The minimum Gasteiger partial charge on any atom is -0.505 e. The fourth-order valence-corrected chi connectivity index (χ4v) is 5.32. The molecule has 0 atom stereocenters. The van der Waals surface area contributed by atoms with Gasteiger partial charge in [-0.1, -0.05) is 54.4 Å². The number of hydrogen-bond donors (Lipinski definition) is 3. The molecule has 9 nitrogen and oxygen atoms in total. The largest absolute Gasteiger partial charge is 0.505 e. The fraction of sp³-hybridized carbons (Fsp3) is 0.148. The Balaban J connectivity index is 1.80. The van der Waals surface area contributed by atoms with Crippen LogP contribution in [0.1, 0.15) is 29.8 Å². The van der Waals surface area contributed by atoms with Gasteiger partial charge in [-0.05, 0) is 54.6 Å². The van der Waals surface area contributed by atoms with E-state index in [1.807, 2.05) is 0 Å². The fourth-order valence-electron chi connectivity index (χ4n) is 3.98. The van der Waals surface area contributed by atoms with Gasteiger partial charge in [0.25, 0.3) is 16.0 Å². The van der Waals surface area contributed by atoms with Gasteiger partial charge in [-0.25, -0.2) is 0 Å². The van der Waals surface area contributed by atoms with Crippen molar-refractivity contribution in [2.24, 2.45) is 10.2 Å². The zero-order valence-corrected chi connectivity index (χ0v) is 23.1. The van der Waals surface area contributed by atoms with Gasteiger partial charge in [0, 0.05) is 16.5 Å². The summed E-state index contributed by atoms with van der Waals surface area (Å²) in [5.41, 5.74) is 0.894. The lowest BCUT2D eigenvalue weighted by Gasteiger charge is -2.14. The van der Waals surface area contributed by atoms with E-state index in [0.29, 0.717) is 39.4 Å². The quantitative estimate of drug-likeness (QED) is 0.142. The Bertz CT molecular complexity index is 1720. The summed E-state index contributed by atoms with van der Waals surface area (Å²) < 4.78 is 38.3. The van der Waals surface area contributed by atoms with E-state index in [0.717, 1.165) is 6.07 Å². The third-order valence-corrected chi connectivity index (χ3v) is 7.48. The molecule has 3 N–H and O–H groups in total. The molecule has 4 aromatic rings. The summed E-state index contributed by atoms with van der Waals surface area (Å²) in [4.78, 5) is 12.8. The van der Waals surface area contributed by atoms with Crippen molar-refractivity contribution in [3.05, 3.63) is 81.8 Å². The Morgan fingerprint density at radius 1 is 1.03 bits per heavy atom. The van der Waals surface area contributed by atoms with Crippen LogP contribution in [0.25, 0.3) is 10.8 Å². The summed E-state index contributed by atoms with van der Waals surface area (Å²) in [6.07, 6.45) is 0.287. The van der Waals surface area contributed by atoms with Gasteiger partial charge in [0.15, 0.2) is 5.75 Å². The summed E-state index contributed by atoms with van der Waals surface area (Å²) in [5, 5.41) is 23.7. The van der Waals surface area contributed by atoms with Crippen LogP contribution < -0.4 is 10.1 Å². The summed E-state index contributed by atoms with van der Waals surface area (Å²) >= 11 is 12.3. The molecule has 0 aliphatic rings. The van der Waals surface area contributed by atoms with Crippen LogP contribution in [0.4, 0.5) is 17.1 Å². The van der Waals surface area contributed by atoms with Gasteiger partial charge in [-0.2, -0.15) is 13.5 Å². The predicted molar refractivity (Wildman–Crippen MR) is 151 cm³/mol. The molecule has 4 aromatic carbocycles. The minimum absolute atomic E-state index is 0.0245. The molecule has 0 fully saturated rings. The van der Waals surface area contributed by atoms with Crippen molar-refractivity contribution >= 4 is 67.1 Å². The van der Waals surface area contributed by atoms with Gasteiger partial charge in [0.2, 0.25) is 0 Å². The first kappa shape index (κ1) is 28.3. The van der Waals surface area contributed by atoms with Crippen molar-refractivity contribution in [3.8, 4) is 11.5 Å². The number of hydrogen-bond acceptors (Lipinski definition) is 7. The maximum absolute atomic E-state index is 13.3. The van der Waals surface area contributed by atoms with Crippen LogP contribution >= 0.6 is 23.2 Å². The van der Waals surface area contributed by atoms with Gasteiger partial charge in [-0.15, -0.1) is 5.11 Å². The lowest BCUT2D eigenvalue weighted by atomic mass is 10.0. The van der Waals surface area contributed by atoms with Crippen LogP contribution in [0.5, 0.6) is 11.5 Å². The maximum atomic E-state index is 13.3. The van der Waals surface area contributed by atoms with Gasteiger partial charge >= 0.3 is 0 Å². The van der Waals surface area contributed by atoms with Crippen molar-refractivity contribution in [1.82, 2.24) is 0 Å². The molecule has 0 aromatic heterocycles. The number of halogens is 2. The van der Waals surface area contributed by atoms with E-state index >= 15 is 0 Å². The SMILES string of the molecule is CCOc1cc(Cl)ccc1NC(=O)c1cc2ccccc2c(N=Nc2ccc(S(=O)(=O)O)c(Cl)c2CC)c1O. The van der Waals surface area contributed by atoms with Gasteiger partial charge in [0.05, 0.1) is 28.6 Å². The lowest BCUT2D eigenvalue weighted by Crippen LogP contribution is -2.13. The highest BCUT2D eigenvalue weighted by Gasteiger charge is 2.21. The van der Waals surface area contributed by atoms with E-state index in [1.54, 1.807) is 56.3 Å². The summed E-state index contributed by atoms with van der Waals surface area (Å²) in [7, 11) is -4.54. The van der Waals surface area contributed by atoms with Crippen molar-refractivity contribution in [2.75, 3.05) is 11.9 Å². The number of carbonyl (C=O) groups is 1. The Morgan fingerprint density at radius 3 is 2.46 bits per heavy atom. The minimum atomic E-state index is -4.54. The summed E-state index contributed by atoms with van der Waals surface area (Å²) in [6, 6.07) is 15.8. The molecule has 0 saturated heterocycles. The Morgan fingerprint density at radius 2 is 1.77 bits per heavy atom. The molecule has 0 unspecified atom stereocenters. The molecule has 0 aliphatic carbocycles. The number of carbonyl (C=O) groups excluding carboxylic acids is 1. The van der Waals surface area contributed by atoms with Crippen molar-refractivity contribution < 1.29 is 27.6 Å². The second kappa shape index (κ2) is 11.6. The lowest BCUT2D eigenvalue weighted by molar-refractivity contribution is 0.102. The van der Waals surface area contributed by atoms with Crippen LogP contribution in [0.2, 0.25) is 10.0 Å². The second-order valence-corrected chi connectivity index (χ2v) is 10.5. The summed E-state index contributed by atoms with van der Waals surface area (Å²) in [5.74, 6) is -0.663. The van der Waals surface area contributed by atoms with Gasteiger partial charge < -0.3 is 15.2 Å². The maximum Gasteiger partial charge on any atom is 0.296 e. The molecular weight excluding hydrogens is 565 g/mol. The third-order valence-electron chi connectivity index (χ3n) is 5.80. The number of azo groups is 1. The zero-order chi connectivity index (χ0) is 28.3. The normalized spacial score (nSPS) is 11.7. The average molecular weight is 588 g/mol. The highest BCUT2D eigenvalue weighted by molar-refractivity contribution is 7.86. The number of ether oxygens (including phenoxy) is 1. The number of phenols is 1. The first-order chi connectivity index (χ1) is 18.5. The number of aromatic hydroxyl groups is 1. The van der Waals surface area contributed by atoms with Crippen LogP contribution in [0.3, 0.4) is 0 Å². The van der Waals surface area contributed by atoms with Crippen molar-refractivity contribution in [1.29, 1.82) is 0 Å². The monoisotopic (exact) mass is 587 g/mol. The third kappa shape index (κ3) is 5.99. The first-order valence-corrected chi connectivity index (χ1v) is 13.9. The van der Waals surface area contributed by atoms with Crippen LogP contribution in [-0.4, -0.2) is 30.6 Å². The number of benzene rings is 4. The molecule has 4 rings (SSSR count). The average Bonchev–Trinajstić information content (AvgIpc) is 2.88. The number of nitrogens with zero attached hydrogens (tertiary/aromatic N) is 2. The van der Waals surface area contributed by atoms with E-state index in [2.05, 4.69) is 15.5 Å². The number of anilines is 1. The van der Waals surface area contributed by atoms with E-state index in [1.165, 1.54) is 12.1 Å². The number of nitrogens with one attached hydrogen (secondary N) is 1. The topological polar surface area (TPSA) is 138 Å². The van der Waals surface area contributed by atoms with E-state index in [-0.39, 0.29) is 28.4 Å². The standard InChI is InChI=1S/C27H23Cl2N3O6S/c1-3-17-20(11-12-23(24(17)29)39(35,36)37)31-32-25-18-8-6-5-7-15(18)13-19(26(25)33)27(34)30-21-10-9-16(28)14-22(21)38-4-2/h5-14,33H,3-4H2,1-2H3,(H,30,34)(H,35,36,37). The Labute approximate surface area is 234 Å². The number of fused-ring (bicyclic) bond motifs is 1. The van der Waals surface area contributed by atoms with Crippen LogP contribution in [-0.2, 0) is 16.5 Å². The molecule has 0 radical (unpaired) electrons. The first-order valence-electron chi connectivity index (χ1n) is 11.7. The molecule has 12 heteroatoms. The van der Waals surface area contributed by atoms with Crippen LogP contribution in [0, 0.1) is 0 Å². The van der Waals surface area contributed by atoms with Gasteiger partial charge in [0.1, 0.15) is 16.3 Å². The molecule has 0 saturated carbocycles. The molecule has 0 spiro atoms. The van der Waals surface area contributed by atoms with E-state index < -0.39 is 26.7 Å². The van der Waals surface area contributed by atoms with Crippen LogP contribution in [0.15, 0.2) is 75.8 Å². The smallest absolute Gasteiger partial charge is 0.296 e. The number of phenolic OH excluding ortho intramolecular Hbond substituents is 1. The predicted octanol–water partition coefficient (Wildman–Crippen LogP) is 7.73. The highest BCUT2D eigenvalue weighted by Crippen LogP contribution is 2.41. The van der Waals surface area contributed by atoms with Crippen molar-refractivity contribution in [2.45, 2.75) is 25.2 Å². The highest BCUT2D eigenvalue weighted by atomic mass is 35.5. The Hall–Kier alpha value is -3.70. The second-order valence-electron chi connectivity index (χ2n) is 8.27. The van der Waals surface area contributed by atoms with E-state index in [9.17, 15) is 22.9 Å². The van der Waals surface area contributed by atoms with E-state index in [4.69, 9.17) is 27.9 Å². The Kier molecular flexibility index (Phi) is 8.41. The molecule has 0 bridgehead atoms. The molecule has 1 amide bonds. The van der Waals surface area contributed by atoms with Gasteiger partial charge in [-0.3, -0.25) is 9.35 Å².